The van der Waals surface area contributed by atoms with Crippen molar-refractivity contribution in [3.63, 3.8) is 0 Å². The van der Waals surface area contributed by atoms with Gasteiger partial charge in [0.25, 0.3) is 5.91 Å². The third-order valence-electron chi connectivity index (χ3n) is 2.24. The first-order chi connectivity index (χ1) is 8.56. The molecule has 3 nitrogen and oxygen atoms in total. The van der Waals surface area contributed by atoms with Gasteiger partial charge in [-0.05, 0) is 47.7 Å². The number of nitrogens with one attached hydrogen (secondary N) is 1. The lowest BCUT2D eigenvalue weighted by Crippen LogP contribution is -2.23. The molecule has 0 unspecified atom stereocenters. The number of benzene rings is 1. The van der Waals surface area contributed by atoms with Crippen molar-refractivity contribution in [2.75, 3.05) is 0 Å². The second-order valence-electron chi connectivity index (χ2n) is 3.69. The van der Waals surface area contributed by atoms with Gasteiger partial charge in [-0.2, -0.15) is 0 Å². The van der Waals surface area contributed by atoms with Gasteiger partial charge in [-0.1, -0.05) is 11.6 Å². The van der Waals surface area contributed by atoms with Crippen LogP contribution in [0.4, 0.5) is 0 Å². The molecule has 0 saturated heterocycles. The Morgan fingerprint density at radius 3 is 2.94 bits per heavy atom. The monoisotopic (exact) mass is 392 g/mol. The first kappa shape index (κ1) is 13.8. The van der Waals surface area contributed by atoms with Crippen molar-refractivity contribution in [2.24, 2.45) is 0 Å². The molecule has 0 spiro atoms. The molecule has 1 N–H and O–H groups in total. The maximum absolute atomic E-state index is 12.0. The van der Waals surface area contributed by atoms with Gasteiger partial charge in [0.2, 0.25) is 0 Å². The van der Waals surface area contributed by atoms with Gasteiger partial charge in [0.1, 0.15) is 5.01 Å². The van der Waals surface area contributed by atoms with E-state index in [1.165, 1.54) is 0 Å². The molecule has 2 aromatic rings. The van der Waals surface area contributed by atoms with E-state index in [0.717, 1.165) is 14.3 Å². The van der Waals surface area contributed by atoms with Gasteiger partial charge in [0.05, 0.1) is 12.1 Å². The molecule has 0 atom stereocenters. The van der Waals surface area contributed by atoms with Crippen LogP contribution in [0.5, 0.6) is 0 Å². The predicted molar refractivity (Wildman–Crippen MR) is 82.2 cm³/mol. The maximum Gasteiger partial charge on any atom is 0.252 e. The summed E-state index contributed by atoms with van der Waals surface area (Å²) in [7, 11) is 0. The van der Waals surface area contributed by atoms with Crippen LogP contribution in [0.15, 0.2) is 23.6 Å². The summed E-state index contributed by atoms with van der Waals surface area (Å²) in [5, 5.41) is 6.35. The molecule has 1 amide bonds. The zero-order chi connectivity index (χ0) is 13.1. The molecule has 0 radical (unpaired) electrons. The smallest absolute Gasteiger partial charge is 0.252 e. The second kappa shape index (κ2) is 5.99. The largest absolute Gasteiger partial charge is 0.345 e. The van der Waals surface area contributed by atoms with Gasteiger partial charge < -0.3 is 5.32 Å². The van der Waals surface area contributed by atoms with Crippen molar-refractivity contribution in [3.05, 3.63) is 48.4 Å². The topological polar surface area (TPSA) is 42.0 Å². The zero-order valence-electron chi connectivity index (χ0n) is 9.54. The van der Waals surface area contributed by atoms with Crippen LogP contribution in [-0.4, -0.2) is 10.9 Å². The van der Waals surface area contributed by atoms with E-state index in [1.54, 1.807) is 29.5 Å². The zero-order valence-corrected chi connectivity index (χ0v) is 13.3. The molecule has 18 heavy (non-hydrogen) atoms. The minimum absolute atomic E-state index is 0.107. The van der Waals surface area contributed by atoms with Crippen molar-refractivity contribution in [1.29, 1.82) is 0 Å². The fraction of sp³-hybridized carbons (Fsp3) is 0.167. The number of halogens is 2. The number of nitrogens with zero attached hydrogens (tertiary/aromatic N) is 1. The Morgan fingerprint density at radius 2 is 2.33 bits per heavy atom. The van der Waals surface area contributed by atoms with Crippen molar-refractivity contribution in [1.82, 2.24) is 10.3 Å². The average Bonchev–Trinajstić information content (AvgIpc) is 2.72. The fourth-order valence-electron chi connectivity index (χ4n) is 1.41. The maximum atomic E-state index is 12.0. The molecule has 0 saturated carbocycles. The fourth-order valence-corrected chi connectivity index (χ4v) is 3.24. The van der Waals surface area contributed by atoms with Crippen molar-refractivity contribution in [2.45, 2.75) is 13.5 Å². The molecular weight excluding hydrogens is 383 g/mol. The first-order valence-electron chi connectivity index (χ1n) is 5.20. The van der Waals surface area contributed by atoms with Crippen LogP contribution >= 0.6 is 45.5 Å². The summed E-state index contributed by atoms with van der Waals surface area (Å²) >= 11 is 9.50. The molecule has 0 fully saturated rings. The predicted octanol–water partition coefficient (Wildman–Crippen LogP) is 3.64. The lowest BCUT2D eigenvalue weighted by Gasteiger charge is -2.05. The quantitative estimate of drug-likeness (QED) is 0.810. The second-order valence-corrected chi connectivity index (χ2v) is 6.23. The Morgan fingerprint density at radius 1 is 1.56 bits per heavy atom. The molecule has 0 aliphatic carbocycles. The van der Waals surface area contributed by atoms with Crippen LogP contribution in [0, 0.1) is 10.5 Å². The van der Waals surface area contributed by atoms with Gasteiger partial charge >= 0.3 is 0 Å². The first-order valence-corrected chi connectivity index (χ1v) is 7.54. The summed E-state index contributed by atoms with van der Waals surface area (Å²) in [5.74, 6) is -0.107. The highest BCUT2D eigenvalue weighted by atomic mass is 127. The van der Waals surface area contributed by atoms with Crippen LogP contribution in [0.3, 0.4) is 0 Å². The summed E-state index contributed by atoms with van der Waals surface area (Å²) in [6.45, 7) is 2.39. The van der Waals surface area contributed by atoms with Gasteiger partial charge in [0, 0.05) is 19.7 Å². The summed E-state index contributed by atoms with van der Waals surface area (Å²) in [4.78, 5) is 16.3. The minimum atomic E-state index is -0.107. The van der Waals surface area contributed by atoms with Crippen LogP contribution in [0.2, 0.25) is 5.02 Å². The van der Waals surface area contributed by atoms with E-state index in [9.17, 15) is 4.79 Å². The van der Waals surface area contributed by atoms with Gasteiger partial charge in [-0.15, -0.1) is 11.3 Å². The molecule has 1 aromatic heterocycles. The molecular formula is C12H10ClIN2OS. The third-order valence-corrected chi connectivity index (χ3v) is 4.34. The lowest BCUT2D eigenvalue weighted by atomic mass is 10.2. The Hall–Kier alpha value is -0.660. The van der Waals surface area contributed by atoms with E-state index in [2.05, 4.69) is 32.9 Å². The van der Waals surface area contributed by atoms with E-state index < -0.39 is 0 Å². The van der Waals surface area contributed by atoms with E-state index in [1.807, 2.05) is 12.3 Å². The minimum Gasteiger partial charge on any atom is -0.345 e. The Bertz CT molecular complexity index is 585. The van der Waals surface area contributed by atoms with E-state index in [0.29, 0.717) is 17.1 Å². The lowest BCUT2D eigenvalue weighted by molar-refractivity contribution is 0.0950. The molecule has 94 valence electrons. The van der Waals surface area contributed by atoms with Crippen LogP contribution in [-0.2, 0) is 6.54 Å². The summed E-state index contributed by atoms with van der Waals surface area (Å²) in [6, 6.07) is 5.21. The highest BCUT2D eigenvalue weighted by molar-refractivity contribution is 14.1. The Balaban J connectivity index is 2.03. The number of hydrogen-bond acceptors (Lipinski definition) is 3. The van der Waals surface area contributed by atoms with Crippen molar-refractivity contribution in [3.8, 4) is 0 Å². The van der Waals surface area contributed by atoms with Crippen LogP contribution in [0.1, 0.15) is 21.1 Å². The van der Waals surface area contributed by atoms with Crippen molar-refractivity contribution >= 4 is 51.4 Å². The number of rotatable bonds is 3. The number of hydrogen-bond donors (Lipinski definition) is 1. The average molecular weight is 393 g/mol. The van der Waals surface area contributed by atoms with E-state index in [-0.39, 0.29) is 5.91 Å². The summed E-state index contributed by atoms with van der Waals surface area (Å²) < 4.78 is 0.841. The molecule has 0 aliphatic rings. The Kier molecular flexibility index (Phi) is 4.58. The molecule has 6 heteroatoms. The SMILES string of the molecule is Cc1csc(CNC(=O)c2ccc(Cl)cc2I)n1. The molecule has 0 aliphatic heterocycles. The molecule has 0 bridgehead atoms. The van der Waals surface area contributed by atoms with Crippen molar-refractivity contribution < 1.29 is 4.79 Å². The number of carbonyl (C=O) groups is 1. The molecule has 1 heterocycles. The number of thiazole rings is 1. The third kappa shape index (κ3) is 3.43. The van der Waals surface area contributed by atoms with Crippen LogP contribution in [0.25, 0.3) is 0 Å². The molecule has 2 rings (SSSR count). The number of carbonyl (C=O) groups excluding carboxylic acids is 1. The van der Waals surface area contributed by atoms with Gasteiger partial charge in [-0.3, -0.25) is 4.79 Å². The van der Waals surface area contributed by atoms with E-state index >= 15 is 0 Å². The molecule has 1 aromatic carbocycles. The standard InChI is InChI=1S/C12H10ClIN2OS/c1-7-6-18-11(16-7)5-15-12(17)9-3-2-8(13)4-10(9)14/h2-4,6H,5H2,1H3,(H,15,17). The highest BCUT2D eigenvalue weighted by Crippen LogP contribution is 2.18. The van der Waals surface area contributed by atoms with Gasteiger partial charge in [-0.25, -0.2) is 4.98 Å². The number of aromatic nitrogens is 1. The normalized spacial score (nSPS) is 10.4. The highest BCUT2D eigenvalue weighted by Gasteiger charge is 2.10. The summed E-state index contributed by atoms with van der Waals surface area (Å²) in [5.41, 5.74) is 1.61. The van der Waals surface area contributed by atoms with Gasteiger partial charge in [0.15, 0.2) is 0 Å². The van der Waals surface area contributed by atoms with Crippen LogP contribution < -0.4 is 5.32 Å². The Labute approximate surface area is 128 Å². The number of aryl methyl sites for hydroxylation is 1. The van der Waals surface area contributed by atoms with E-state index in [4.69, 9.17) is 11.6 Å². The summed E-state index contributed by atoms with van der Waals surface area (Å²) in [6.07, 6.45) is 0. The number of amides is 1.